The highest BCUT2D eigenvalue weighted by Crippen LogP contribution is 2.08. The van der Waals surface area contributed by atoms with Crippen molar-refractivity contribution >= 4 is 20.5 Å². The zero-order valence-electron chi connectivity index (χ0n) is 8.60. The van der Waals surface area contributed by atoms with Gasteiger partial charge in [-0.25, -0.2) is 16.8 Å². The van der Waals surface area contributed by atoms with Crippen LogP contribution in [-0.2, 0) is 20.5 Å². The molecule has 0 rings (SSSR count). The highest BCUT2D eigenvalue weighted by molar-refractivity contribution is 7.92. The minimum atomic E-state index is -3.01. The molecule has 0 radical (unpaired) electrons. The van der Waals surface area contributed by atoms with Gasteiger partial charge in [0, 0.05) is 5.75 Å². The SMILES string of the molecule is CCC(C)S(=O)(=O)CCCC[SH](=O)=O. The van der Waals surface area contributed by atoms with Crippen molar-refractivity contribution in [3.8, 4) is 0 Å². The van der Waals surface area contributed by atoms with E-state index in [0.29, 0.717) is 19.3 Å². The van der Waals surface area contributed by atoms with E-state index >= 15 is 0 Å². The zero-order valence-corrected chi connectivity index (χ0v) is 10.3. The smallest absolute Gasteiger partial charge is 0.152 e. The lowest BCUT2D eigenvalue weighted by molar-refractivity contribution is 0.576. The van der Waals surface area contributed by atoms with Crippen molar-refractivity contribution in [3.63, 3.8) is 0 Å². The summed E-state index contributed by atoms with van der Waals surface area (Å²) in [6.07, 6.45) is 1.49. The molecule has 0 aromatic carbocycles. The molecule has 1 unspecified atom stereocenters. The molecular formula is C8H18O4S2. The molecule has 0 aliphatic heterocycles. The van der Waals surface area contributed by atoms with Gasteiger partial charge < -0.3 is 0 Å². The Morgan fingerprint density at radius 2 is 1.79 bits per heavy atom. The second-order valence-electron chi connectivity index (χ2n) is 3.35. The van der Waals surface area contributed by atoms with Gasteiger partial charge >= 0.3 is 0 Å². The largest absolute Gasteiger partial charge is 0.232 e. The van der Waals surface area contributed by atoms with Crippen molar-refractivity contribution in [3.05, 3.63) is 0 Å². The molecule has 86 valence electrons. The Kier molecular flexibility index (Phi) is 6.35. The number of sulfone groups is 1. The lowest BCUT2D eigenvalue weighted by atomic mass is 10.4. The first-order chi connectivity index (χ1) is 6.40. The fourth-order valence-electron chi connectivity index (χ4n) is 0.999. The predicted molar refractivity (Wildman–Crippen MR) is 58.0 cm³/mol. The Morgan fingerprint density at radius 3 is 2.21 bits per heavy atom. The summed E-state index contributed by atoms with van der Waals surface area (Å²) in [6.45, 7) is 3.51. The molecule has 0 aliphatic rings. The van der Waals surface area contributed by atoms with Gasteiger partial charge in [-0.2, -0.15) is 0 Å². The second kappa shape index (κ2) is 6.40. The predicted octanol–water partition coefficient (Wildman–Crippen LogP) is 0.591. The van der Waals surface area contributed by atoms with Crippen LogP contribution in [0.25, 0.3) is 0 Å². The molecule has 0 fully saturated rings. The lowest BCUT2D eigenvalue weighted by Crippen LogP contribution is -2.20. The van der Waals surface area contributed by atoms with Gasteiger partial charge in [0.1, 0.15) is 10.7 Å². The summed E-state index contributed by atoms with van der Waals surface area (Å²) in [5.74, 6) is 0.191. The molecule has 0 amide bonds. The van der Waals surface area contributed by atoms with E-state index in [-0.39, 0.29) is 16.8 Å². The van der Waals surface area contributed by atoms with E-state index in [1.807, 2.05) is 6.92 Å². The first kappa shape index (κ1) is 13.9. The van der Waals surface area contributed by atoms with Crippen LogP contribution in [0.5, 0.6) is 0 Å². The van der Waals surface area contributed by atoms with E-state index in [9.17, 15) is 16.8 Å². The van der Waals surface area contributed by atoms with Crippen LogP contribution in [0.15, 0.2) is 0 Å². The molecule has 0 saturated heterocycles. The minimum absolute atomic E-state index is 0.0887. The number of rotatable bonds is 7. The van der Waals surface area contributed by atoms with Crippen LogP contribution in [0.2, 0.25) is 0 Å². The first-order valence-corrected chi connectivity index (χ1v) is 7.81. The third-order valence-electron chi connectivity index (χ3n) is 2.21. The number of hydrogen-bond donors (Lipinski definition) is 1. The molecule has 0 N–H and O–H groups in total. The highest BCUT2D eigenvalue weighted by atomic mass is 32.2. The molecule has 0 saturated carbocycles. The monoisotopic (exact) mass is 242 g/mol. The van der Waals surface area contributed by atoms with E-state index in [1.165, 1.54) is 0 Å². The third kappa shape index (κ3) is 5.59. The summed E-state index contributed by atoms with van der Waals surface area (Å²) in [5.41, 5.74) is 0. The van der Waals surface area contributed by atoms with Gasteiger partial charge in [0.25, 0.3) is 0 Å². The first-order valence-electron chi connectivity index (χ1n) is 4.73. The fourth-order valence-corrected chi connectivity index (χ4v) is 3.00. The molecular weight excluding hydrogens is 224 g/mol. The summed E-state index contributed by atoms with van der Waals surface area (Å²) in [7, 11) is -5.37. The topological polar surface area (TPSA) is 68.3 Å². The average Bonchev–Trinajstić information content (AvgIpc) is 2.10. The second-order valence-corrected chi connectivity index (χ2v) is 7.00. The van der Waals surface area contributed by atoms with Crippen LogP contribution in [-0.4, -0.2) is 33.6 Å². The van der Waals surface area contributed by atoms with Gasteiger partial charge in [0.15, 0.2) is 9.84 Å². The molecule has 14 heavy (non-hydrogen) atoms. The van der Waals surface area contributed by atoms with Crippen LogP contribution < -0.4 is 0 Å². The minimum Gasteiger partial charge on any atom is -0.232 e. The number of hydrogen-bond acceptors (Lipinski definition) is 4. The highest BCUT2D eigenvalue weighted by Gasteiger charge is 2.17. The van der Waals surface area contributed by atoms with Crippen molar-refractivity contribution in [1.29, 1.82) is 0 Å². The van der Waals surface area contributed by atoms with Gasteiger partial charge in [-0.15, -0.1) is 0 Å². The van der Waals surface area contributed by atoms with Crippen LogP contribution in [0.3, 0.4) is 0 Å². The van der Waals surface area contributed by atoms with E-state index in [2.05, 4.69) is 0 Å². The van der Waals surface area contributed by atoms with Gasteiger partial charge in [-0.3, -0.25) is 0 Å². The van der Waals surface area contributed by atoms with Crippen molar-refractivity contribution in [2.45, 2.75) is 38.4 Å². The van der Waals surface area contributed by atoms with Crippen LogP contribution in [0, 0.1) is 0 Å². The van der Waals surface area contributed by atoms with Crippen LogP contribution in [0.4, 0.5) is 0 Å². The lowest BCUT2D eigenvalue weighted by Gasteiger charge is -2.09. The molecule has 0 bridgehead atoms. The summed E-state index contributed by atoms with van der Waals surface area (Å²) in [6, 6.07) is 0. The van der Waals surface area contributed by atoms with Crippen molar-refractivity contribution in [2.24, 2.45) is 0 Å². The average molecular weight is 242 g/mol. The fraction of sp³-hybridized carbons (Fsp3) is 1.00. The molecule has 0 spiro atoms. The Hall–Kier alpha value is -0.100. The Balaban J connectivity index is 3.89. The molecule has 0 aromatic heterocycles. The van der Waals surface area contributed by atoms with Crippen LogP contribution >= 0.6 is 0 Å². The van der Waals surface area contributed by atoms with E-state index in [1.54, 1.807) is 6.92 Å². The quantitative estimate of drug-likeness (QED) is 0.524. The third-order valence-corrected chi connectivity index (χ3v) is 5.31. The molecule has 0 heterocycles. The van der Waals surface area contributed by atoms with Gasteiger partial charge in [-0.1, -0.05) is 6.92 Å². The Morgan fingerprint density at radius 1 is 1.21 bits per heavy atom. The van der Waals surface area contributed by atoms with Crippen molar-refractivity contribution in [1.82, 2.24) is 0 Å². The molecule has 6 heteroatoms. The molecule has 4 nitrogen and oxygen atoms in total. The summed E-state index contributed by atoms with van der Waals surface area (Å²) >= 11 is 0. The summed E-state index contributed by atoms with van der Waals surface area (Å²) in [5, 5.41) is -0.316. The standard InChI is InChI=1S/C8H18O4S2/c1-3-8(2)14(11,12)7-5-4-6-13(9)10/h8,13H,3-7H2,1-2H3. The maximum absolute atomic E-state index is 11.5. The van der Waals surface area contributed by atoms with E-state index < -0.39 is 20.5 Å². The Bertz CT molecular complexity index is 308. The molecule has 1 atom stereocenters. The summed E-state index contributed by atoms with van der Waals surface area (Å²) in [4.78, 5) is 0. The Labute approximate surface area is 87.6 Å². The maximum Gasteiger partial charge on any atom is 0.152 e. The van der Waals surface area contributed by atoms with Crippen molar-refractivity contribution < 1.29 is 16.8 Å². The van der Waals surface area contributed by atoms with Gasteiger partial charge in [-0.05, 0) is 26.2 Å². The number of unbranched alkanes of at least 4 members (excludes halogenated alkanes) is 1. The zero-order chi connectivity index (χ0) is 11.2. The van der Waals surface area contributed by atoms with E-state index in [0.717, 1.165) is 0 Å². The maximum atomic E-state index is 11.5. The van der Waals surface area contributed by atoms with Crippen LogP contribution in [0.1, 0.15) is 33.1 Å². The number of thiol groups is 1. The van der Waals surface area contributed by atoms with Gasteiger partial charge in [0.05, 0.1) is 11.0 Å². The normalized spacial score (nSPS) is 14.5. The van der Waals surface area contributed by atoms with E-state index in [4.69, 9.17) is 0 Å². The van der Waals surface area contributed by atoms with Gasteiger partial charge in [0.2, 0.25) is 0 Å². The molecule has 0 aromatic rings. The molecule has 0 aliphatic carbocycles. The van der Waals surface area contributed by atoms with Crippen molar-refractivity contribution in [2.75, 3.05) is 11.5 Å². The summed E-state index contributed by atoms with van der Waals surface area (Å²) < 4.78 is 43.3.